The van der Waals surface area contributed by atoms with Gasteiger partial charge in [0.2, 0.25) is 10.0 Å². The highest BCUT2D eigenvalue weighted by atomic mass is 35.5. The molecule has 0 aliphatic carbocycles. The van der Waals surface area contributed by atoms with Gasteiger partial charge in [0.15, 0.2) is 6.10 Å². The van der Waals surface area contributed by atoms with Crippen molar-refractivity contribution in [3.8, 4) is 0 Å². The first kappa shape index (κ1) is 23.2. The van der Waals surface area contributed by atoms with Crippen LogP contribution in [0, 0.1) is 0 Å². The Kier molecular flexibility index (Phi) is 7.35. The Morgan fingerprint density at radius 3 is 2.39 bits per heavy atom. The van der Waals surface area contributed by atoms with Crippen LogP contribution in [0.5, 0.6) is 0 Å². The predicted octanol–water partition coefficient (Wildman–Crippen LogP) is 3.87. The van der Waals surface area contributed by atoms with E-state index in [0.29, 0.717) is 18.8 Å². The van der Waals surface area contributed by atoms with Gasteiger partial charge in [0.05, 0.1) is 10.6 Å². The lowest BCUT2D eigenvalue weighted by atomic mass is 10.1. The molecule has 0 radical (unpaired) electrons. The predicted molar refractivity (Wildman–Crippen MR) is 119 cm³/mol. The number of ether oxygens (including phenoxy) is 1. The molecule has 1 aliphatic heterocycles. The van der Waals surface area contributed by atoms with E-state index in [-0.39, 0.29) is 15.5 Å². The maximum atomic E-state index is 12.8. The van der Waals surface area contributed by atoms with Crippen molar-refractivity contribution in [1.82, 2.24) is 4.31 Å². The second-order valence-corrected chi connectivity index (χ2v) is 9.66. The number of hydrogen-bond donors (Lipinski definition) is 1. The summed E-state index contributed by atoms with van der Waals surface area (Å²) in [5, 5.41) is 2.72. The number of sulfonamides is 1. The summed E-state index contributed by atoms with van der Waals surface area (Å²) in [6.45, 7) is 4.33. The van der Waals surface area contributed by atoms with Gasteiger partial charge in [-0.15, -0.1) is 0 Å². The highest BCUT2D eigenvalue weighted by molar-refractivity contribution is 7.89. The molecule has 166 valence electrons. The molecule has 0 spiro atoms. The summed E-state index contributed by atoms with van der Waals surface area (Å²) in [6, 6.07) is 11.3. The van der Waals surface area contributed by atoms with E-state index in [0.717, 1.165) is 24.8 Å². The number of aryl methyl sites for hydroxylation is 1. The molecule has 1 heterocycles. The molecule has 7 nitrogen and oxygen atoms in total. The normalized spacial score (nSPS) is 15.5. The molecule has 1 fully saturated rings. The fourth-order valence-electron chi connectivity index (χ4n) is 3.25. The number of benzene rings is 2. The quantitative estimate of drug-likeness (QED) is 0.628. The van der Waals surface area contributed by atoms with Crippen molar-refractivity contribution in [2.45, 2.75) is 44.1 Å². The van der Waals surface area contributed by atoms with Gasteiger partial charge in [-0.1, -0.05) is 30.7 Å². The summed E-state index contributed by atoms with van der Waals surface area (Å²) in [6.07, 6.45) is 1.38. The molecule has 2 aromatic rings. The third-order valence-electron chi connectivity index (χ3n) is 5.13. The van der Waals surface area contributed by atoms with Gasteiger partial charge in [-0.2, -0.15) is 4.31 Å². The molecule has 1 amide bonds. The highest BCUT2D eigenvalue weighted by Gasteiger charge is 2.30. The maximum Gasteiger partial charge on any atom is 0.338 e. The van der Waals surface area contributed by atoms with E-state index in [4.69, 9.17) is 16.3 Å². The highest BCUT2D eigenvalue weighted by Crippen LogP contribution is 2.28. The summed E-state index contributed by atoms with van der Waals surface area (Å²) < 4.78 is 32.3. The monoisotopic (exact) mass is 464 g/mol. The third-order valence-corrected chi connectivity index (χ3v) is 7.51. The summed E-state index contributed by atoms with van der Waals surface area (Å²) in [4.78, 5) is 24.8. The minimum absolute atomic E-state index is 0.00845. The number of hydrogen-bond acceptors (Lipinski definition) is 5. The van der Waals surface area contributed by atoms with E-state index in [1.54, 1.807) is 12.1 Å². The van der Waals surface area contributed by atoms with Crippen molar-refractivity contribution >= 4 is 39.2 Å². The van der Waals surface area contributed by atoms with Crippen LogP contribution in [0.1, 0.15) is 42.6 Å². The van der Waals surface area contributed by atoms with E-state index < -0.39 is 28.0 Å². The first-order valence-electron chi connectivity index (χ1n) is 10.1. The smallest absolute Gasteiger partial charge is 0.338 e. The molecule has 3 rings (SSSR count). The number of rotatable bonds is 7. The fraction of sp³-hybridized carbons (Fsp3) is 0.364. The van der Waals surface area contributed by atoms with Crippen molar-refractivity contribution in [2.75, 3.05) is 18.4 Å². The van der Waals surface area contributed by atoms with E-state index in [1.165, 1.54) is 29.4 Å². The number of anilines is 1. The lowest BCUT2D eigenvalue weighted by molar-refractivity contribution is -0.123. The van der Waals surface area contributed by atoms with Crippen LogP contribution < -0.4 is 5.32 Å². The Morgan fingerprint density at radius 2 is 1.77 bits per heavy atom. The number of esters is 1. The van der Waals surface area contributed by atoms with Crippen molar-refractivity contribution in [2.24, 2.45) is 0 Å². The average molecular weight is 465 g/mol. The van der Waals surface area contributed by atoms with Gasteiger partial charge in [-0.25, -0.2) is 13.2 Å². The molecule has 0 bridgehead atoms. The molecular formula is C22H25ClN2O5S. The van der Waals surface area contributed by atoms with Crippen LogP contribution in [0.4, 0.5) is 5.69 Å². The van der Waals surface area contributed by atoms with Crippen LogP contribution in [0.3, 0.4) is 0 Å². The molecule has 1 aliphatic rings. The molecule has 1 saturated heterocycles. The van der Waals surface area contributed by atoms with Crippen molar-refractivity contribution in [1.29, 1.82) is 0 Å². The van der Waals surface area contributed by atoms with Crippen LogP contribution in [-0.4, -0.2) is 43.8 Å². The van der Waals surface area contributed by atoms with Crippen molar-refractivity contribution in [3.63, 3.8) is 0 Å². The Labute approximate surface area is 187 Å². The van der Waals surface area contributed by atoms with Gasteiger partial charge in [-0.3, -0.25) is 4.79 Å². The zero-order valence-corrected chi connectivity index (χ0v) is 19.0. The summed E-state index contributed by atoms with van der Waals surface area (Å²) in [7, 11) is -3.80. The molecule has 1 atom stereocenters. The molecule has 2 aromatic carbocycles. The Hall–Kier alpha value is -2.42. The number of carbonyl (C=O) groups is 2. The third kappa shape index (κ3) is 5.44. The van der Waals surface area contributed by atoms with E-state index in [1.807, 2.05) is 19.1 Å². The standard InChI is InChI=1S/C22H25ClN2O5S/c1-3-16-6-9-18(10-7-16)24-21(26)15(2)30-22(27)17-8-11-19(23)20(14-17)31(28,29)25-12-4-5-13-25/h6-11,14-15H,3-5,12-13H2,1-2H3,(H,24,26)/t15-/m1/s1. The summed E-state index contributed by atoms with van der Waals surface area (Å²) >= 11 is 6.11. The van der Waals surface area contributed by atoms with Gasteiger partial charge >= 0.3 is 5.97 Å². The molecule has 9 heteroatoms. The molecule has 0 unspecified atom stereocenters. The van der Waals surface area contributed by atoms with Gasteiger partial charge in [0, 0.05) is 18.8 Å². The fourth-order valence-corrected chi connectivity index (χ4v) is 5.26. The lowest BCUT2D eigenvalue weighted by Gasteiger charge is -2.17. The number of nitrogens with one attached hydrogen (secondary N) is 1. The van der Waals surface area contributed by atoms with E-state index in [2.05, 4.69) is 5.32 Å². The average Bonchev–Trinajstić information content (AvgIpc) is 3.30. The molecule has 0 aromatic heterocycles. The minimum Gasteiger partial charge on any atom is -0.449 e. The summed E-state index contributed by atoms with van der Waals surface area (Å²) in [5.74, 6) is -1.30. The largest absolute Gasteiger partial charge is 0.449 e. The van der Waals surface area contributed by atoms with Crippen molar-refractivity contribution in [3.05, 3.63) is 58.6 Å². The van der Waals surface area contributed by atoms with Crippen LogP contribution in [0.15, 0.2) is 47.4 Å². The van der Waals surface area contributed by atoms with Crippen LogP contribution in [0.2, 0.25) is 5.02 Å². The lowest BCUT2D eigenvalue weighted by Crippen LogP contribution is -2.30. The number of nitrogens with zero attached hydrogens (tertiary/aromatic N) is 1. The first-order valence-corrected chi connectivity index (χ1v) is 11.9. The Bertz CT molecular complexity index is 1060. The Balaban J connectivity index is 1.70. The van der Waals surface area contributed by atoms with Crippen molar-refractivity contribution < 1.29 is 22.7 Å². The SMILES string of the molecule is CCc1ccc(NC(=O)[C@@H](C)OC(=O)c2ccc(Cl)c(S(=O)(=O)N3CCCC3)c2)cc1. The van der Waals surface area contributed by atoms with Gasteiger partial charge in [0.25, 0.3) is 5.91 Å². The topological polar surface area (TPSA) is 92.8 Å². The second kappa shape index (κ2) is 9.80. The van der Waals surface area contributed by atoms with Crippen LogP contribution in [-0.2, 0) is 26.0 Å². The van der Waals surface area contributed by atoms with Gasteiger partial charge in [-0.05, 0) is 62.1 Å². The zero-order chi connectivity index (χ0) is 22.6. The second-order valence-electron chi connectivity index (χ2n) is 7.34. The number of halogens is 1. The zero-order valence-electron chi connectivity index (χ0n) is 17.4. The number of carbonyl (C=O) groups excluding carboxylic acids is 2. The van der Waals surface area contributed by atoms with Crippen LogP contribution in [0.25, 0.3) is 0 Å². The molecule has 31 heavy (non-hydrogen) atoms. The van der Waals surface area contributed by atoms with E-state index >= 15 is 0 Å². The van der Waals surface area contributed by atoms with E-state index in [9.17, 15) is 18.0 Å². The summed E-state index contributed by atoms with van der Waals surface area (Å²) in [5.41, 5.74) is 1.74. The van der Waals surface area contributed by atoms with Gasteiger partial charge in [0.1, 0.15) is 4.90 Å². The van der Waals surface area contributed by atoms with Crippen LogP contribution >= 0.6 is 11.6 Å². The molecule has 1 N–H and O–H groups in total. The minimum atomic E-state index is -3.80. The first-order chi connectivity index (χ1) is 14.7. The maximum absolute atomic E-state index is 12.8. The molecular weight excluding hydrogens is 440 g/mol. The molecule has 0 saturated carbocycles. The number of amides is 1. The Morgan fingerprint density at radius 1 is 1.13 bits per heavy atom. The van der Waals surface area contributed by atoms with Gasteiger partial charge < -0.3 is 10.1 Å².